The van der Waals surface area contributed by atoms with Crippen molar-refractivity contribution in [3.8, 4) is 34.1 Å². The summed E-state index contributed by atoms with van der Waals surface area (Å²) in [6.07, 6.45) is 5.21. The van der Waals surface area contributed by atoms with Crippen LogP contribution in [0, 0.1) is 11.3 Å². The summed E-state index contributed by atoms with van der Waals surface area (Å²) in [5.74, 6) is 0. The zero-order valence-electron chi connectivity index (χ0n) is 13.2. The van der Waals surface area contributed by atoms with Gasteiger partial charge in [-0.25, -0.2) is 4.68 Å². The first kappa shape index (κ1) is 14.8. The van der Waals surface area contributed by atoms with Gasteiger partial charge in [-0.15, -0.1) is 5.10 Å². The van der Waals surface area contributed by atoms with Crippen molar-refractivity contribution >= 4 is 0 Å². The van der Waals surface area contributed by atoms with Crippen LogP contribution in [0.25, 0.3) is 28.1 Å². The minimum Gasteiger partial charge on any atom is -0.263 e. The van der Waals surface area contributed by atoms with Crippen molar-refractivity contribution in [3.05, 3.63) is 84.8 Å². The molecule has 0 N–H and O–H groups in total. The van der Waals surface area contributed by atoms with E-state index in [9.17, 15) is 0 Å². The van der Waals surface area contributed by atoms with Gasteiger partial charge in [0.25, 0.3) is 0 Å². The Morgan fingerprint density at radius 3 is 2.40 bits per heavy atom. The molecule has 0 saturated carbocycles. The van der Waals surface area contributed by atoms with Crippen LogP contribution in [-0.2, 0) is 0 Å². The second-order valence-electron chi connectivity index (χ2n) is 5.54. The molecule has 0 spiro atoms. The second-order valence-corrected chi connectivity index (χ2v) is 5.54. The molecular weight excluding hydrogens is 310 g/mol. The molecule has 25 heavy (non-hydrogen) atoms. The predicted molar refractivity (Wildman–Crippen MR) is 94.7 cm³/mol. The van der Waals surface area contributed by atoms with Crippen LogP contribution in [0.2, 0.25) is 0 Å². The van der Waals surface area contributed by atoms with Crippen LogP contribution >= 0.6 is 0 Å². The maximum atomic E-state index is 8.99. The Hall–Kier alpha value is -3.78. The van der Waals surface area contributed by atoms with Crippen molar-refractivity contribution in [2.24, 2.45) is 0 Å². The van der Waals surface area contributed by atoms with Crippen LogP contribution in [0.3, 0.4) is 0 Å². The Labute approximate surface area is 144 Å². The number of aromatic nitrogens is 4. The van der Waals surface area contributed by atoms with Crippen molar-refractivity contribution in [1.82, 2.24) is 20.0 Å². The lowest BCUT2D eigenvalue weighted by atomic mass is 10.1. The maximum absolute atomic E-state index is 8.99. The van der Waals surface area contributed by atoms with Crippen molar-refractivity contribution in [2.45, 2.75) is 0 Å². The number of nitriles is 1. The first-order valence-corrected chi connectivity index (χ1v) is 7.77. The van der Waals surface area contributed by atoms with E-state index in [0.29, 0.717) is 5.56 Å². The van der Waals surface area contributed by atoms with E-state index in [1.807, 2.05) is 66.9 Å². The van der Waals surface area contributed by atoms with E-state index in [-0.39, 0.29) is 0 Å². The standard InChI is InChI=1S/C20H13N5/c21-11-15-10-18(13-22-12-15)16-6-8-19(9-7-16)25-14-20(23-24-25)17-4-2-1-3-5-17/h1-10,12-14H. The fourth-order valence-corrected chi connectivity index (χ4v) is 2.60. The van der Waals surface area contributed by atoms with E-state index < -0.39 is 0 Å². The number of hydrogen-bond acceptors (Lipinski definition) is 4. The number of benzene rings is 2. The predicted octanol–water partition coefficient (Wildman–Crippen LogP) is 3.87. The Balaban J connectivity index is 1.63. The van der Waals surface area contributed by atoms with Gasteiger partial charge in [-0.1, -0.05) is 47.7 Å². The SMILES string of the molecule is N#Cc1cncc(-c2ccc(-n3cc(-c4ccccc4)nn3)cc2)c1. The van der Waals surface area contributed by atoms with Gasteiger partial charge in [0, 0.05) is 23.5 Å². The van der Waals surface area contributed by atoms with Crippen LogP contribution in [0.5, 0.6) is 0 Å². The molecule has 2 aromatic heterocycles. The molecule has 4 aromatic rings. The second kappa shape index (κ2) is 6.38. The van der Waals surface area contributed by atoms with Gasteiger partial charge in [-0.05, 0) is 23.8 Å². The van der Waals surface area contributed by atoms with Crippen molar-refractivity contribution in [2.75, 3.05) is 0 Å². The van der Waals surface area contributed by atoms with Crippen molar-refractivity contribution < 1.29 is 0 Å². The van der Waals surface area contributed by atoms with Crippen LogP contribution in [-0.4, -0.2) is 20.0 Å². The topological polar surface area (TPSA) is 67.4 Å². The Morgan fingerprint density at radius 1 is 0.840 bits per heavy atom. The lowest BCUT2D eigenvalue weighted by Gasteiger charge is -2.04. The third-order valence-electron chi connectivity index (χ3n) is 3.90. The summed E-state index contributed by atoms with van der Waals surface area (Å²) >= 11 is 0. The molecule has 0 atom stereocenters. The molecule has 0 aliphatic carbocycles. The lowest BCUT2D eigenvalue weighted by molar-refractivity contribution is 0.804. The summed E-state index contributed by atoms with van der Waals surface area (Å²) in [4.78, 5) is 4.10. The molecular formula is C20H13N5. The first-order chi connectivity index (χ1) is 12.3. The van der Waals surface area contributed by atoms with E-state index in [1.54, 1.807) is 17.1 Å². The molecule has 0 radical (unpaired) electrons. The summed E-state index contributed by atoms with van der Waals surface area (Å²) in [5.41, 5.74) is 5.24. The average molecular weight is 323 g/mol. The van der Waals surface area contributed by atoms with Gasteiger partial charge in [0.1, 0.15) is 11.8 Å². The molecule has 2 heterocycles. The molecule has 0 unspecified atom stereocenters. The third-order valence-corrected chi connectivity index (χ3v) is 3.90. The average Bonchev–Trinajstić information content (AvgIpc) is 3.19. The Kier molecular flexibility index (Phi) is 3.77. The molecule has 0 saturated heterocycles. The van der Waals surface area contributed by atoms with Gasteiger partial charge >= 0.3 is 0 Å². The smallest absolute Gasteiger partial charge is 0.113 e. The molecule has 2 aromatic carbocycles. The van der Waals surface area contributed by atoms with Gasteiger partial charge < -0.3 is 0 Å². The van der Waals surface area contributed by atoms with Gasteiger partial charge in [0.2, 0.25) is 0 Å². The minimum absolute atomic E-state index is 0.547. The summed E-state index contributed by atoms with van der Waals surface area (Å²) in [6.45, 7) is 0. The third kappa shape index (κ3) is 3.01. The number of nitrogens with zero attached hydrogens (tertiary/aromatic N) is 5. The quantitative estimate of drug-likeness (QED) is 0.574. The summed E-state index contributed by atoms with van der Waals surface area (Å²) in [6, 6.07) is 21.8. The van der Waals surface area contributed by atoms with E-state index in [0.717, 1.165) is 28.1 Å². The van der Waals surface area contributed by atoms with Crippen LogP contribution in [0.15, 0.2) is 79.3 Å². The van der Waals surface area contributed by atoms with Crippen molar-refractivity contribution in [1.29, 1.82) is 5.26 Å². The highest BCUT2D eigenvalue weighted by atomic mass is 15.4. The molecule has 0 fully saturated rings. The Morgan fingerprint density at radius 2 is 1.64 bits per heavy atom. The van der Waals surface area contributed by atoms with E-state index in [2.05, 4.69) is 21.4 Å². The van der Waals surface area contributed by atoms with E-state index in [4.69, 9.17) is 5.26 Å². The van der Waals surface area contributed by atoms with Crippen molar-refractivity contribution in [3.63, 3.8) is 0 Å². The van der Waals surface area contributed by atoms with Crippen LogP contribution in [0.4, 0.5) is 0 Å². The zero-order chi connectivity index (χ0) is 17.1. The lowest BCUT2D eigenvalue weighted by Crippen LogP contribution is -1.94. The molecule has 4 rings (SSSR count). The zero-order valence-corrected chi connectivity index (χ0v) is 13.2. The highest BCUT2D eigenvalue weighted by Gasteiger charge is 2.06. The van der Waals surface area contributed by atoms with Crippen LogP contribution < -0.4 is 0 Å². The van der Waals surface area contributed by atoms with E-state index >= 15 is 0 Å². The maximum Gasteiger partial charge on any atom is 0.113 e. The fraction of sp³-hybridized carbons (Fsp3) is 0. The molecule has 0 bridgehead atoms. The van der Waals surface area contributed by atoms with Gasteiger partial charge in [-0.2, -0.15) is 5.26 Å². The number of pyridine rings is 1. The monoisotopic (exact) mass is 323 g/mol. The molecule has 5 heteroatoms. The highest BCUT2D eigenvalue weighted by Crippen LogP contribution is 2.22. The normalized spacial score (nSPS) is 10.4. The summed E-state index contributed by atoms with van der Waals surface area (Å²) in [7, 11) is 0. The van der Waals surface area contributed by atoms with Gasteiger partial charge in [-0.3, -0.25) is 4.98 Å². The molecule has 0 amide bonds. The molecule has 118 valence electrons. The molecule has 0 aliphatic rings. The number of rotatable bonds is 3. The summed E-state index contributed by atoms with van der Waals surface area (Å²) in [5, 5.41) is 17.4. The number of hydrogen-bond donors (Lipinski definition) is 0. The van der Waals surface area contributed by atoms with Crippen LogP contribution in [0.1, 0.15) is 5.56 Å². The minimum atomic E-state index is 0.547. The van der Waals surface area contributed by atoms with Gasteiger partial charge in [0.15, 0.2) is 0 Å². The molecule has 0 aliphatic heterocycles. The summed E-state index contributed by atoms with van der Waals surface area (Å²) < 4.78 is 1.75. The Bertz CT molecular complexity index is 1040. The molecule has 5 nitrogen and oxygen atoms in total. The largest absolute Gasteiger partial charge is 0.263 e. The first-order valence-electron chi connectivity index (χ1n) is 7.77. The van der Waals surface area contributed by atoms with E-state index in [1.165, 1.54) is 0 Å². The fourth-order valence-electron chi connectivity index (χ4n) is 2.60. The van der Waals surface area contributed by atoms with Gasteiger partial charge in [0.05, 0.1) is 17.4 Å². The highest BCUT2D eigenvalue weighted by molar-refractivity contribution is 5.65.